The smallest absolute Gasteiger partial charge is 0.0774 e. The molecular formula is C17H27NO2. The van der Waals surface area contributed by atoms with Crippen LogP contribution < -0.4 is 5.32 Å². The molecule has 0 saturated heterocycles. The molecule has 3 heteroatoms. The SMILES string of the molecule is COCc1ccc(CNCC2(O)CCCC(C)C2)cc1. The lowest BCUT2D eigenvalue weighted by atomic mass is 9.79. The molecule has 1 aliphatic rings. The van der Waals surface area contributed by atoms with Crippen molar-refractivity contribution in [3.05, 3.63) is 35.4 Å². The van der Waals surface area contributed by atoms with E-state index >= 15 is 0 Å². The molecule has 1 saturated carbocycles. The maximum atomic E-state index is 10.6. The van der Waals surface area contributed by atoms with Crippen molar-refractivity contribution in [3.63, 3.8) is 0 Å². The van der Waals surface area contributed by atoms with E-state index in [4.69, 9.17) is 4.74 Å². The number of hydrogen-bond donors (Lipinski definition) is 2. The van der Waals surface area contributed by atoms with Crippen LogP contribution in [0.3, 0.4) is 0 Å². The van der Waals surface area contributed by atoms with Gasteiger partial charge in [-0.3, -0.25) is 0 Å². The van der Waals surface area contributed by atoms with Crippen LogP contribution in [-0.2, 0) is 17.9 Å². The summed E-state index contributed by atoms with van der Waals surface area (Å²) in [6.45, 7) is 4.39. The fourth-order valence-electron chi connectivity index (χ4n) is 3.15. The Kier molecular flexibility index (Phi) is 5.58. The number of methoxy groups -OCH3 is 1. The number of aliphatic hydroxyl groups is 1. The molecule has 3 nitrogen and oxygen atoms in total. The highest BCUT2D eigenvalue weighted by Gasteiger charge is 2.31. The van der Waals surface area contributed by atoms with Crippen LogP contribution in [0, 0.1) is 5.92 Å². The lowest BCUT2D eigenvalue weighted by Crippen LogP contribution is -2.43. The minimum Gasteiger partial charge on any atom is -0.389 e. The number of benzene rings is 1. The quantitative estimate of drug-likeness (QED) is 0.840. The summed E-state index contributed by atoms with van der Waals surface area (Å²) >= 11 is 0. The molecule has 20 heavy (non-hydrogen) atoms. The zero-order valence-corrected chi connectivity index (χ0v) is 12.7. The summed E-state index contributed by atoms with van der Waals surface area (Å²) in [6, 6.07) is 8.43. The standard InChI is InChI=1S/C17H27NO2/c1-14-4-3-9-17(19,10-14)13-18-11-15-5-7-16(8-6-15)12-20-2/h5-8,14,18-19H,3-4,9-13H2,1-2H3. The Labute approximate surface area is 122 Å². The molecule has 0 amide bonds. The van der Waals surface area contributed by atoms with E-state index in [9.17, 15) is 5.11 Å². The second-order valence-corrected chi connectivity index (χ2v) is 6.28. The lowest BCUT2D eigenvalue weighted by molar-refractivity contribution is -0.0119. The highest BCUT2D eigenvalue weighted by Crippen LogP contribution is 2.31. The second-order valence-electron chi connectivity index (χ2n) is 6.28. The van der Waals surface area contributed by atoms with E-state index in [1.165, 1.54) is 17.5 Å². The van der Waals surface area contributed by atoms with Crippen LogP contribution in [0.5, 0.6) is 0 Å². The molecule has 2 rings (SSSR count). The highest BCUT2D eigenvalue weighted by atomic mass is 16.5. The van der Waals surface area contributed by atoms with Crippen molar-refractivity contribution < 1.29 is 9.84 Å². The minimum absolute atomic E-state index is 0.506. The van der Waals surface area contributed by atoms with Crippen LogP contribution in [0.25, 0.3) is 0 Å². The van der Waals surface area contributed by atoms with Gasteiger partial charge in [-0.05, 0) is 29.9 Å². The first-order valence-electron chi connectivity index (χ1n) is 7.61. The third-order valence-electron chi connectivity index (χ3n) is 4.18. The van der Waals surface area contributed by atoms with E-state index in [2.05, 4.69) is 36.5 Å². The summed E-state index contributed by atoms with van der Waals surface area (Å²) in [6.07, 6.45) is 4.25. The Balaban J connectivity index is 1.77. The first kappa shape index (κ1) is 15.5. The summed E-state index contributed by atoms with van der Waals surface area (Å²) in [5.74, 6) is 0.642. The molecule has 1 aromatic rings. The zero-order chi connectivity index (χ0) is 14.4. The van der Waals surface area contributed by atoms with Gasteiger partial charge < -0.3 is 15.2 Å². The Morgan fingerprint density at radius 3 is 2.65 bits per heavy atom. The summed E-state index contributed by atoms with van der Waals surface area (Å²) in [5.41, 5.74) is 1.93. The van der Waals surface area contributed by atoms with Gasteiger partial charge in [0.15, 0.2) is 0 Å². The van der Waals surface area contributed by atoms with Crippen LogP contribution in [0.15, 0.2) is 24.3 Å². The first-order chi connectivity index (χ1) is 9.61. The van der Waals surface area contributed by atoms with Gasteiger partial charge in [0.25, 0.3) is 0 Å². The molecule has 2 N–H and O–H groups in total. The van der Waals surface area contributed by atoms with E-state index in [-0.39, 0.29) is 0 Å². The van der Waals surface area contributed by atoms with Crippen molar-refractivity contribution in [2.75, 3.05) is 13.7 Å². The Hall–Kier alpha value is -0.900. The number of hydrogen-bond acceptors (Lipinski definition) is 3. The van der Waals surface area contributed by atoms with Crippen LogP contribution in [-0.4, -0.2) is 24.4 Å². The van der Waals surface area contributed by atoms with Gasteiger partial charge in [0, 0.05) is 20.2 Å². The molecule has 1 fully saturated rings. The van der Waals surface area contributed by atoms with Crippen molar-refractivity contribution in [3.8, 4) is 0 Å². The molecule has 112 valence electrons. The molecule has 2 unspecified atom stereocenters. The van der Waals surface area contributed by atoms with Crippen molar-refractivity contribution in [2.45, 2.75) is 51.4 Å². The molecule has 1 aliphatic carbocycles. The largest absolute Gasteiger partial charge is 0.389 e. The van der Waals surface area contributed by atoms with Gasteiger partial charge in [0.05, 0.1) is 12.2 Å². The number of nitrogens with one attached hydrogen (secondary N) is 1. The van der Waals surface area contributed by atoms with E-state index in [1.807, 2.05) is 0 Å². The zero-order valence-electron chi connectivity index (χ0n) is 12.7. The summed E-state index contributed by atoms with van der Waals surface area (Å²) in [4.78, 5) is 0. The van der Waals surface area contributed by atoms with E-state index < -0.39 is 5.60 Å². The van der Waals surface area contributed by atoms with Crippen LogP contribution in [0.2, 0.25) is 0 Å². The van der Waals surface area contributed by atoms with Crippen molar-refractivity contribution in [1.82, 2.24) is 5.32 Å². The highest BCUT2D eigenvalue weighted by molar-refractivity contribution is 5.21. The van der Waals surface area contributed by atoms with Crippen LogP contribution >= 0.6 is 0 Å². The van der Waals surface area contributed by atoms with Gasteiger partial charge in [-0.15, -0.1) is 0 Å². The third kappa shape index (κ3) is 4.58. The maximum Gasteiger partial charge on any atom is 0.0774 e. The van der Waals surface area contributed by atoms with Crippen molar-refractivity contribution in [2.24, 2.45) is 5.92 Å². The maximum absolute atomic E-state index is 10.6. The van der Waals surface area contributed by atoms with Gasteiger partial charge in [-0.1, -0.05) is 44.0 Å². The monoisotopic (exact) mass is 277 g/mol. The molecule has 0 heterocycles. The molecule has 0 bridgehead atoms. The third-order valence-corrected chi connectivity index (χ3v) is 4.18. The average molecular weight is 277 g/mol. The number of ether oxygens (including phenoxy) is 1. The normalized spacial score (nSPS) is 26.6. The van der Waals surface area contributed by atoms with Gasteiger partial charge in [-0.25, -0.2) is 0 Å². The van der Waals surface area contributed by atoms with E-state index in [0.29, 0.717) is 19.1 Å². The summed E-state index contributed by atoms with van der Waals surface area (Å²) < 4.78 is 5.10. The van der Waals surface area contributed by atoms with E-state index in [0.717, 1.165) is 25.8 Å². The Bertz CT molecular complexity index is 404. The topological polar surface area (TPSA) is 41.5 Å². The second kappa shape index (κ2) is 7.21. The Morgan fingerprint density at radius 1 is 1.30 bits per heavy atom. The molecule has 0 aromatic heterocycles. The summed E-state index contributed by atoms with van der Waals surface area (Å²) in [5, 5.41) is 14.0. The molecule has 0 radical (unpaired) electrons. The van der Waals surface area contributed by atoms with Crippen LogP contribution in [0.1, 0.15) is 43.7 Å². The van der Waals surface area contributed by atoms with Gasteiger partial charge in [0.2, 0.25) is 0 Å². The van der Waals surface area contributed by atoms with Gasteiger partial charge >= 0.3 is 0 Å². The lowest BCUT2D eigenvalue weighted by Gasteiger charge is -2.35. The summed E-state index contributed by atoms with van der Waals surface area (Å²) in [7, 11) is 1.71. The molecule has 0 aliphatic heterocycles. The predicted octanol–water partition coefficient (Wildman–Crippen LogP) is 2.86. The first-order valence-corrected chi connectivity index (χ1v) is 7.61. The van der Waals surface area contributed by atoms with Crippen molar-refractivity contribution >= 4 is 0 Å². The molecule has 0 spiro atoms. The predicted molar refractivity (Wildman–Crippen MR) is 81.4 cm³/mol. The molecule has 2 atom stereocenters. The fourth-order valence-corrected chi connectivity index (χ4v) is 3.15. The molecular weight excluding hydrogens is 250 g/mol. The van der Waals surface area contributed by atoms with Gasteiger partial charge in [-0.2, -0.15) is 0 Å². The Morgan fingerprint density at radius 2 is 2.00 bits per heavy atom. The number of rotatable bonds is 6. The van der Waals surface area contributed by atoms with Gasteiger partial charge in [0.1, 0.15) is 0 Å². The fraction of sp³-hybridized carbons (Fsp3) is 0.647. The minimum atomic E-state index is -0.506. The average Bonchev–Trinajstić information content (AvgIpc) is 2.40. The van der Waals surface area contributed by atoms with Crippen LogP contribution in [0.4, 0.5) is 0 Å². The molecule has 1 aromatic carbocycles. The van der Waals surface area contributed by atoms with Crippen molar-refractivity contribution in [1.29, 1.82) is 0 Å². The van der Waals surface area contributed by atoms with E-state index in [1.54, 1.807) is 7.11 Å².